The number of hydrogen-bond acceptors (Lipinski definition) is 4. The molecule has 1 aromatic heterocycles. The molecule has 0 aromatic carbocycles. The van der Waals surface area contributed by atoms with Crippen LogP contribution in [-0.4, -0.2) is 23.1 Å². The Hall–Kier alpha value is -1.32. The van der Waals surface area contributed by atoms with E-state index < -0.39 is 0 Å². The predicted octanol–water partition coefficient (Wildman–Crippen LogP) is 4.27. The summed E-state index contributed by atoms with van der Waals surface area (Å²) in [6.07, 6.45) is 3.50. The summed E-state index contributed by atoms with van der Waals surface area (Å²) in [6.45, 7) is 12.8. The van der Waals surface area contributed by atoms with Crippen molar-refractivity contribution in [3.8, 4) is 0 Å². The van der Waals surface area contributed by atoms with Crippen LogP contribution in [0.5, 0.6) is 0 Å². The van der Waals surface area contributed by atoms with E-state index in [0.29, 0.717) is 11.8 Å². The second kappa shape index (κ2) is 8.77. The molecule has 0 saturated heterocycles. The molecule has 1 rings (SSSR count). The fraction of sp³-hybridized carbons (Fsp3) is 0.750. The molecule has 0 aliphatic heterocycles. The van der Waals surface area contributed by atoms with Crippen molar-refractivity contribution in [2.45, 2.75) is 59.8 Å². The Morgan fingerprint density at radius 3 is 2.10 bits per heavy atom. The van der Waals surface area contributed by atoms with Gasteiger partial charge in [0.15, 0.2) is 0 Å². The Labute approximate surface area is 123 Å². The van der Waals surface area contributed by atoms with Crippen molar-refractivity contribution in [3.63, 3.8) is 0 Å². The number of nitrogens with one attached hydrogen (secondary N) is 2. The number of aromatic nitrogens is 2. The second-order valence-electron chi connectivity index (χ2n) is 5.64. The molecule has 4 nitrogen and oxygen atoms in total. The van der Waals surface area contributed by atoms with Crippen molar-refractivity contribution in [2.24, 2.45) is 5.92 Å². The zero-order chi connectivity index (χ0) is 15.0. The molecule has 1 heterocycles. The maximum absolute atomic E-state index is 4.62. The average molecular weight is 278 g/mol. The molecule has 0 spiro atoms. The summed E-state index contributed by atoms with van der Waals surface area (Å²) in [5.41, 5.74) is 0. The van der Waals surface area contributed by atoms with Gasteiger partial charge in [-0.2, -0.15) is 0 Å². The first-order valence-corrected chi connectivity index (χ1v) is 7.97. The lowest BCUT2D eigenvalue weighted by Gasteiger charge is -2.16. The maximum Gasteiger partial charge on any atom is 0.135 e. The second-order valence-corrected chi connectivity index (χ2v) is 5.64. The molecule has 0 atom stereocenters. The number of hydrogen-bond donors (Lipinski definition) is 2. The van der Waals surface area contributed by atoms with Gasteiger partial charge >= 0.3 is 0 Å². The summed E-state index contributed by atoms with van der Waals surface area (Å²) in [4.78, 5) is 9.19. The van der Waals surface area contributed by atoms with Crippen molar-refractivity contribution in [1.29, 1.82) is 0 Å². The largest absolute Gasteiger partial charge is 0.370 e. The minimum Gasteiger partial charge on any atom is -0.370 e. The van der Waals surface area contributed by atoms with Crippen LogP contribution in [0.3, 0.4) is 0 Å². The number of anilines is 2. The Morgan fingerprint density at radius 1 is 1.00 bits per heavy atom. The maximum atomic E-state index is 4.62. The van der Waals surface area contributed by atoms with Crippen LogP contribution in [0.1, 0.15) is 65.6 Å². The minimum absolute atomic E-state index is 0.340. The van der Waals surface area contributed by atoms with Gasteiger partial charge in [0.25, 0.3) is 0 Å². The third-order valence-electron chi connectivity index (χ3n) is 3.54. The van der Waals surface area contributed by atoms with Crippen molar-refractivity contribution >= 4 is 11.6 Å². The Kier molecular flexibility index (Phi) is 7.34. The van der Waals surface area contributed by atoms with Gasteiger partial charge in [-0.3, -0.25) is 0 Å². The number of nitrogens with zero attached hydrogens (tertiary/aromatic N) is 2. The third-order valence-corrected chi connectivity index (χ3v) is 3.54. The fourth-order valence-corrected chi connectivity index (χ4v) is 1.98. The first kappa shape index (κ1) is 16.7. The van der Waals surface area contributed by atoms with Crippen LogP contribution in [0.15, 0.2) is 6.07 Å². The van der Waals surface area contributed by atoms with E-state index in [1.165, 1.54) is 12.8 Å². The summed E-state index contributed by atoms with van der Waals surface area (Å²) in [7, 11) is 0. The van der Waals surface area contributed by atoms with Crippen LogP contribution < -0.4 is 10.6 Å². The molecular weight excluding hydrogens is 248 g/mol. The lowest BCUT2D eigenvalue weighted by Crippen LogP contribution is -2.15. The molecule has 20 heavy (non-hydrogen) atoms. The number of rotatable bonds is 9. The summed E-state index contributed by atoms with van der Waals surface area (Å²) >= 11 is 0. The Morgan fingerprint density at radius 2 is 1.60 bits per heavy atom. The van der Waals surface area contributed by atoms with Crippen LogP contribution in [0.25, 0.3) is 0 Å². The molecule has 1 aromatic rings. The fourth-order valence-electron chi connectivity index (χ4n) is 1.98. The molecule has 0 fully saturated rings. The van der Waals surface area contributed by atoms with E-state index in [1.54, 1.807) is 0 Å². The van der Waals surface area contributed by atoms with Gasteiger partial charge < -0.3 is 10.6 Å². The van der Waals surface area contributed by atoms with Gasteiger partial charge in [-0.25, -0.2) is 9.97 Å². The molecular formula is C16H30N4. The molecule has 0 aliphatic rings. The van der Waals surface area contributed by atoms with E-state index in [-0.39, 0.29) is 0 Å². The highest BCUT2D eigenvalue weighted by atomic mass is 15.1. The molecule has 0 amide bonds. The summed E-state index contributed by atoms with van der Waals surface area (Å²) in [6, 6.07) is 2.02. The van der Waals surface area contributed by atoms with Crippen LogP contribution in [-0.2, 0) is 0 Å². The highest BCUT2D eigenvalue weighted by Crippen LogP contribution is 2.18. The first-order chi connectivity index (χ1) is 9.60. The van der Waals surface area contributed by atoms with E-state index in [2.05, 4.69) is 55.2 Å². The van der Waals surface area contributed by atoms with Crippen LogP contribution in [0.4, 0.5) is 11.6 Å². The lowest BCUT2D eigenvalue weighted by atomic mass is 10.0. The molecule has 0 radical (unpaired) electrons. The Bertz CT molecular complexity index is 386. The van der Waals surface area contributed by atoms with Gasteiger partial charge in [0, 0.05) is 25.1 Å². The molecule has 0 unspecified atom stereocenters. The third kappa shape index (κ3) is 5.35. The average Bonchev–Trinajstić information content (AvgIpc) is 2.46. The van der Waals surface area contributed by atoms with Crippen LogP contribution >= 0.6 is 0 Å². The van der Waals surface area contributed by atoms with E-state index >= 15 is 0 Å². The molecule has 114 valence electrons. The summed E-state index contributed by atoms with van der Waals surface area (Å²) < 4.78 is 0. The monoisotopic (exact) mass is 278 g/mol. The molecule has 0 saturated carbocycles. The van der Waals surface area contributed by atoms with Crippen molar-refractivity contribution in [1.82, 2.24) is 9.97 Å². The standard InChI is InChI=1S/C16H30N4/c1-6-9-17-14-10-15(18-11-13(7-2)8-3)20-16(19-14)12(4)5/h10,12-13H,6-9,11H2,1-5H3,(H2,17,18,19,20). The van der Waals surface area contributed by atoms with Crippen molar-refractivity contribution in [2.75, 3.05) is 23.7 Å². The topological polar surface area (TPSA) is 49.8 Å². The molecule has 2 N–H and O–H groups in total. The zero-order valence-corrected chi connectivity index (χ0v) is 13.7. The van der Waals surface area contributed by atoms with Crippen molar-refractivity contribution in [3.05, 3.63) is 11.9 Å². The van der Waals surface area contributed by atoms with E-state index in [4.69, 9.17) is 0 Å². The Balaban J connectivity index is 2.79. The van der Waals surface area contributed by atoms with Crippen molar-refractivity contribution < 1.29 is 0 Å². The highest BCUT2D eigenvalue weighted by Gasteiger charge is 2.09. The molecule has 0 aliphatic carbocycles. The first-order valence-electron chi connectivity index (χ1n) is 7.97. The summed E-state index contributed by atoms with van der Waals surface area (Å²) in [5, 5.41) is 6.82. The summed E-state index contributed by atoms with van der Waals surface area (Å²) in [5.74, 6) is 3.82. The van der Waals surface area contributed by atoms with Gasteiger partial charge in [-0.1, -0.05) is 47.5 Å². The normalized spacial score (nSPS) is 11.2. The van der Waals surface area contributed by atoms with E-state index in [9.17, 15) is 0 Å². The van der Waals surface area contributed by atoms with E-state index in [0.717, 1.165) is 37.0 Å². The predicted molar refractivity (Wildman–Crippen MR) is 87.5 cm³/mol. The van der Waals surface area contributed by atoms with Gasteiger partial charge in [0.2, 0.25) is 0 Å². The minimum atomic E-state index is 0.340. The van der Waals surface area contributed by atoms with Gasteiger partial charge in [0.05, 0.1) is 0 Å². The van der Waals surface area contributed by atoms with Crippen LogP contribution in [0.2, 0.25) is 0 Å². The van der Waals surface area contributed by atoms with Crippen LogP contribution in [0, 0.1) is 5.92 Å². The quantitative estimate of drug-likeness (QED) is 0.708. The van der Waals surface area contributed by atoms with E-state index in [1.807, 2.05) is 6.07 Å². The highest BCUT2D eigenvalue weighted by molar-refractivity contribution is 5.47. The SMILES string of the molecule is CCCNc1cc(NCC(CC)CC)nc(C(C)C)n1. The zero-order valence-electron chi connectivity index (χ0n) is 13.7. The molecule has 0 bridgehead atoms. The van der Waals surface area contributed by atoms with Gasteiger partial charge in [-0.15, -0.1) is 0 Å². The smallest absolute Gasteiger partial charge is 0.135 e. The van der Waals surface area contributed by atoms with Gasteiger partial charge in [-0.05, 0) is 12.3 Å². The lowest BCUT2D eigenvalue weighted by molar-refractivity contribution is 0.518. The molecule has 4 heteroatoms. The van der Waals surface area contributed by atoms with Gasteiger partial charge in [0.1, 0.15) is 17.5 Å².